The zero-order valence-corrected chi connectivity index (χ0v) is 18.1. The Hall–Kier alpha value is -4.08. The number of carbonyl (C=O) groups excluding carboxylic acids is 2. The number of nitrogens with one attached hydrogen (secondary N) is 1. The summed E-state index contributed by atoms with van der Waals surface area (Å²) in [5.41, 5.74) is 3.11. The Morgan fingerprint density at radius 2 is 1.72 bits per heavy atom. The second-order valence-corrected chi connectivity index (χ2v) is 7.58. The number of para-hydroxylation sites is 1. The van der Waals surface area contributed by atoms with E-state index in [1.807, 2.05) is 13.0 Å². The summed E-state index contributed by atoms with van der Waals surface area (Å²) in [5, 5.41) is 12.8. The molecule has 0 unspecified atom stereocenters. The van der Waals surface area contributed by atoms with Crippen LogP contribution in [0.1, 0.15) is 16.7 Å². The van der Waals surface area contributed by atoms with Gasteiger partial charge in [0, 0.05) is 16.3 Å². The van der Waals surface area contributed by atoms with E-state index in [0.29, 0.717) is 33.3 Å². The molecule has 1 aliphatic rings. The molecule has 0 aromatic heterocycles. The molecule has 0 spiro atoms. The van der Waals surface area contributed by atoms with E-state index in [1.165, 1.54) is 7.11 Å². The molecule has 2 amide bonds. The van der Waals surface area contributed by atoms with Crippen molar-refractivity contribution in [2.45, 2.75) is 6.92 Å². The summed E-state index contributed by atoms with van der Waals surface area (Å²) < 4.78 is 5.45. The number of methoxy groups -OCH3 is 1. The van der Waals surface area contributed by atoms with Crippen LogP contribution in [0.2, 0.25) is 5.02 Å². The Balaban J connectivity index is 1.86. The summed E-state index contributed by atoms with van der Waals surface area (Å²) in [6.07, 6.45) is 0. The van der Waals surface area contributed by atoms with E-state index < -0.39 is 11.8 Å². The summed E-state index contributed by atoms with van der Waals surface area (Å²) >= 11 is 6.07. The highest BCUT2D eigenvalue weighted by atomic mass is 35.5. The van der Waals surface area contributed by atoms with Crippen LogP contribution >= 0.6 is 11.6 Å². The van der Waals surface area contributed by atoms with Crippen LogP contribution in [0, 0.1) is 18.3 Å². The second-order valence-electron chi connectivity index (χ2n) is 7.14. The summed E-state index contributed by atoms with van der Waals surface area (Å²) in [7, 11) is 1.51. The minimum atomic E-state index is -0.505. The minimum Gasteiger partial charge on any atom is -0.496 e. The van der Waals surface area contributed by atoms with E-state index in [9.17, 15) is 9.59 Å². The van der Waals surface area contributed by atoms with Gasteiger partial charge in [-0.05, 0) is 61.0 Å². The zero-order valence-electron chi connectivity index (χ0n) is 17.3. The Morgan fingerprint density at radius 3 is 2.38 bits per heavy atom. The minimum absolute atomic E-state index is 0.134. The SMILES string of the molecule is COc1ccccc1C1=C(Nc2ccc(Cl)cc2C)C(=O)N(c2ccc(C#N)cc2)C1=O. The second kappa shape index (κ2) is 8.58. The number of halogens is 1. The van der Waals surface area contributed by atoms with E-state index in [4.69, 9.17) is 21.6 Å². The molecule has 1 heterocycles. The summed E-state index contributed by atoms with van der Waals surface area (Å²) in [5.74, 6) is -0.522. The Morgan fingerprint density at radius 1 is 1.00 bits per heavy atom. The van der Waals surface area contributed by atoms with Gasteiger partial charge in [0.05, 0.1) is 30.0 Å². The van der Waals surface area contributed by atoms with Crippen molar-refractivity contribution in [2.75, 3.05) is 17.3 Å². The molecule has 1 aliphatic heterocycles. The normalized spacial score (nSPS) is 13.4. The first kappa shape index (κ1) is 21.2. The van der Waals surface area contributed by atoms with Crippen molar-refractivity contribution in [3.05, 3.63) is 94.1 Å². The predicted molar refractivity (Wildman–Crippen MR) is 123 cm³/mol. The smallest absolute Gasteiger partial charge is 0.282 e. The molecule has 0 saturated carbocycles. The van der Waals surface area contributed by atoms with Crippen molar-refractivity contribution in [2.24, 2.45) is 0 Å². The number of nitrogens with zero attached hydrogens (tertiary/aromatic N) is 2. The lowest BCUT2D eigenvalue weighted by Gasteiger charge is -2.16. The molecule has 0 aliphatic carbocycles. The summed E-state index contributed by atoms with van der Waals surface area (Å²) in [4.78, 5) is 28.1. The molecule has 0 bridgehead atoms. The van der Waals surface area contributed by atoms with Gasteiger partial charge in [-0.25, -0.2) is 4.90 Å². The third kappa shape index (κ3) is 3.70. The molecule has 3 aromatic rings. The van der Waals surface area contributed by atoms with E-state index >= 15 is 0 Å². The summed E-state index contributed by atoms with van der Waals surface area (Å²) in [6.45, 7) is 1.86. The molecule has 32 heavy (non-hydrogen) atoms. The number of aryl methyl sites for hydroxylation is 1. The van der Waals surface area contributed by atoms with Crippen LogP contribution in [0.5, 0.6) is 5.75 Å². The van der Waals surface area contributed by atoms with E-state index in [2.05, 4.69) is 5.32 Å². The largest absolute Gasteiger partial charge is 0.496 e. The number of ether oxygens (including phenoxy) is 1. The molecule has 0 atom stereocenters. The monoisotopic (exact) mass is 443 g/mol. The van der Waals surface area contributed by atoms with Crippen molar-refractivity contribution < 1.29 is 14.3 Å². The van der Waals surface area contributed by atoms with Gasteiger partial charge in [0.15, 0.2) is 0 Å². The maximum absolute atomic E-state index is 13.5. The number of nitriles is 1. The van der Waals surface area contributed by atoms with Crippen LogP contribution in [0.25, 0.3) is 5.57 Å². The topological polar surface area (TPSA) is 82.4 Å². The average molecular weight is 444 g/mol. The fourth-order valence-corrected chi connectivity index (χ4v) is 3.79. The maximum Gasteiger partial charge on any atom is 0.282 e. The van der Waals surface area contributed by atoms with Crippen LogP contribution in [-0.4, -0.2) is 18.9 Å². The van der Waals surface area contributed by atoms with Crippen molar-refractivity contribution >= 4 is 40.4 Å². The molecule has 0 saturated heterocycles. The van der Waals surface area contributed by atoms with E-state index in [0.717, 1.165) is 10.5 Å². The van der Waals surface area contributed by atoms with Gasteiger partial charge in [-0.2, -0.15) is 5.26 Å². The molecule has 6 nitrogen and oxygen atoms in total. The van der Waals surface area contributed by atoms with Gasteiger partial charge < -0.3 is 10.1 Å². The highest BCUT2D eigenvalue weighted by molar-refractivity contribution is 6.46. The predicted octanol–water partition coefficient (Wildman–Crippen LogP) is 4.93. The van der Waals surface area contributed by atoms with Gasteiger partial charge in [0.2, 0.25) is 0 Å². The first-order valence-electron chi connectivity index (χ1n) is 9.74. The first-order valence-corrected chi connectivity index (χ1v) is 10.1. The average Bonchev–Trinajstić information content (AvgIpc) is 3.04. The quantitative estimate of drug-likeness (QED) is 0.565. The fraction of sp³-hybridized carbons (Fsp3) is 0.0800. The third-order valence-corrected chi connectivity index (χ3v) is 5.40. The molecule has 7 heteroatoms. The number of imide groups is 1. The summed E-state index contributed by atoms with van der Waals surface area (Å²) in [6, 6.07) is 20.6. The molecular weight excluding hydrogens is 426 g/mol. The molecular formula is C25H18ClN3O3. The molecule has 158 valence electrons. The van der Waals surface area contributed by atoms with Crippen molar-refractivity contribution in [1.82, 2.24) is 0 Å². The van der Waals surface area contributed by atoms with E-state index in [1.54, 1.807) is 66.7 Å². The fourth-order valence-electron chi connectivity index (χ4n) is 3.57. The van der Waals surface area contributed by atoms with Gasteiger partial charge in [-0.3, -0.25) is 9.59 Å². The lowest BCUT2D eigenvalue weighted by Crippen LogP contribution is -2.32. The number of rotatable bonds is 5. The number of hydrogen-bond donors (Lipinski definition) is 1. The molecule has 4 rings (SSSR count). The molecule has 0 fully saturated rings. The van der Waals surface area contributed by atoms with Crippen molar-refractivity contribution in [1.29, 1.82) is 5.26 Å². The Bertz CT molecular complexity index is 1310. The van der Waals surface area contributed by atoms with Gasteiger partial charge in [-0.1, -0.05) is 29.8 Å². The standard InChI is InChI=1S/C25H18ClN3O3/c1-15-13-17(26)9-12-20(15)28-23-22(19-5-3-4-6-21(19)32-2)24(30)29(25(23)31)18-10-7-16(14-27)8-11-18/h3-13,28H,1-2H3. The Labute approximate surface area is 190 Å². The number of anilines is 2. The molecule has 0 radical (unpaired) electrons. The van der Waals surface area contributed by atoms with Gasteiger partial charge in [0.1, 0.15) is 11.4 Å². The van der Waals surface area contributed by atoms with Crippen LogP contribution in [0.15, 0.2) is 72.4 Å². The third-order valence-electron chi connectivity index (χ3n) is 5.16. The lowest BCUT2D eigenvalue weighted by molar-refractivity contribution is -0.120. The molecule has 3 aromatic carbocycles. The van der Waals surface area contributed by atoms with Gasteiger partial charge in [-0.15, -0.1) is 0 Å². The highest BCUT2D eigenvalue weighted by Crippen LogP contribution is 2.37. The number of benzene rings is 3. The van der Waals surface area contributed by atoms with Crippen LogP contribution < -0.4 is 15.0 Å². The first-order chi connectivity index (χ1) is 15.4. The molecule has 1 N–H and O–H groups in total. The maximum atomic E-state index is 13.5. The van der Waals surface area contributed by atoms with Gasteiger partial charge in [0.25, 0.3) is 11.8 Å². The highest BCUT2D eigenvalue weighted by Gasteiger charge is 2.41. The van der Waals surface area contributed by atoms with Crippen molar-refractivity contribution in [3.63, 3.8) is 0 Å². The number of carbonyl (C=O) groups is 2. The van der Waals surface area contributed by atoms with Crippen LogP contribution in [-0.2, 0) is 9.59 Å². The van der Waals surface area contributed by atoms with E-state index in [-0.39, 0.29) is 11.3 Å². The van der Waals surface area contributed by atoms with Crippen LogP contribution in [0.3, 0.4) is 0 Å². The van der Waals surface area contributed by atoms with Crippen molar-refractivity contribution in [3.8, 4) is 11.8 Å². The number of amides is 2. The number of hydrogen-bond acceptors (Lipinski definition) is 5. The Kier molecular flexibility index (Phi) is 5.67. The lowest BCUT2D eigenvalue weighted by atomic mass is 10.0. The zero-order chi connectivity index (χ0) is 22.8. The van der Waals surface area contributed by atoms with Gasteiger partial charge >= 0.3 is 0 Å². The van der Waals surface area contributed by atoms with Crippen LogP contribution in [0.4, 0.5) is 11.4 Å².